The molecule has 6 heteroatoms. The Morgan fingerprint density at radius 3 is 2.78 bits per heavy atom. The number of piperidine rings is 1. The Labute approximate surface area is 143 Å². The van der Waals surface area contributed by atoms with E-state index in [1.54, 1.807) is 0 Å². The molecule has 0 radical (unpaired) electrons. The predicted molar refractivity (Wildman–Crippen MR) is 94.9 cm³/mol. The predicted octanol–water partition coefficient (Wildman–Crippen LogP) is 2.52. The summed E-state index contributed by atoms with van der Waals surface area (Å²) < 4.78 is 0. The molecule has 1 aliphatic rings. The Balaban J connectivity index is 0.00000192. The number of rotatable bonds is 5. The summed E-state index contributed by atoms with van der Waals surface area (Å²) in [7, 11) is 0. The number of benzene rings is 1. The van der Waals surface area contributed by atoms with Crippen molar-refractivity contribution in [3.63, 3.8) is 0 Å². The molecule has 0 unspecified atom stereocenters. The molecule has 1 amide bonds. The summed E-state index contributed by atoms with van der Waals surface area (Å²) in [5, 5.41) is 11.7. The molecule has 23 heavy (non-hydrogen) atoms. The van der Waals surface area contributed by atoms with Crippen molar-refractivity contribution in [1.29, 1.82) is 0 Å². The second-order valence-corrected chi connectivity index (χ2v) is 5.96. The first-order valence-corrected chi connectivity index (χ1v) is 8.21. The third-order valence-electron chi connectivity index (χ3n) is 4.40. The largest absolute Gasteiger partial charge is 0.339 e. The zero-order valence-corrected chi connectivity index (χ0v) is 14.4. The van der Waals surface area contributed by atoms with Crippen LogP contribution in [0.4, 0.5) is 0 Å². The van der Waals surface area contributed by atoms with Crippen LogP contribution in [-0.2, 0) is 11.2 Å². The first-order chi connectivity index (χ1) is 10.8. The first-order valence-electron chi connectivity index (χ1n) is 8.21. The van der Waals surface area contributed by atoms with Crippen molar-refractivity contribution in [2.24, 2.45) is 0 Å². The van der Waals surface area contributed by atoms with Crippen LogP contribution in [0.15, 0.2) is 24.3 Å². The van der Waals surface area contributed by atoms with Crippen LogP contribution in [-0.4, -0.2) is 46.7 Å². The number of H-pyrrole nitrogens is 1. The van der Waals surface area contributed by atoms with Gasteiger partial charge in [0.2, 0.25) is 5.91 Å². The van der Waals surface area contributed by atoms with Gasteiger partial charge in [-0.1, -0.05) is 25.1 Å². The number of hydrogen-bond donors (Lipinski definition) is 2. The number of amides is 1. The fraction of sp³-hybridized carbons (Fsp3) is 0.529. The quantitative estimate of drug-likeness (QED) is 0.882. The molecule has 0 aliphatic carbocycles. The van der Waals surface area contributed by atoms with Crippen LogP contribution >= 0.6 is 12.4 Å². The van der Waals surface area contributed by atoms with Crippen LogP contribution < -0.4 is 5.32 Å². The molecule has 1 aliphatic heterocycles. The Bertz CT molecular complexity index is 636. The molecule has 3 rings (SSSR count). The summed E-state index contributed by atoms with van der Waals surface area (Å²) in [6.45, 7) is 4.98. The third-order valence-corrected chi connectivity index (χ3v) is 4.40. The fourth-order valence-corrected chi connectivity index (χ4v) is 3.27. The molecule has 1 aromatic heterocycles. The van der Waals surface area contributed by atoms with Crippen LogP contribution in [0, 0.1) is 0 Å². The number of hydrogen-bond acceptors (Lipinski definition) is 3. The van der Waals surface area contributed by atoms with Gasteiger partial charge in [0, 0.05) is 18.0 Å². The fourth-order valence-electron chi connectivity index (χ4n) is 3.27. The van der Waals surface area contributed by atoms with Gasteiger partial charge in [-0.25, -0.2) is 0 Å². The molecule has 0 bridgehead atoms. The Kier molecular flexibility index (Phi) is 6.42. The van der Waals surface area contributed by atoms with E-state index in [4.69, 9.17) is 0 Å². The van der Waals surface area contributed by atoms with E-state index in [1.807, 2.05) is 24.3 Å². The van der Waals surface area contributed by atoms with E-state index in [0.717, 1.165) is 55.5 Å². The lowest BCUT2D eigenvalue weighted by atomic mass is 10.0. The van der Waals surface area contributed by atoms with Crippen LogP contribution in [0.3, 0.4) is 0 Å². The van der Waals surface area contributed by atoms with Crippen molar-refractivity contribution in [2.45, 2.75) is 38.6 Å². The standard InChI is InChI=1S/C17H24N4O.ClH/c1-2-11-21(13-7-9-18-10-8-13)17(22)12-16-14-5-3-4-6-15(14)19-20-16;/h3-6,13,18H,2,7-12H2,1H3,(H,19,20);1H. The molecule has 2 heterocycles. The van der Waals surface area contributed by atoms with Crippen molar-refractivity contribution < 1.29 is 4.79 Å². The molecule has 1 saturated heterocycles. The average molecular weight is 337 g/mol. The zero-order valence-electron chi connectivity index (χ0n) is 13.5. The number of fused-ring (bicyclic) bond motifs is 1. The number of aromatic amines is 1. The molecule has 0 saturated carbocycles. The van der Waals surface area contributed by atoms with E-state index >= 15 is 0 Å². The maximum absolute atomic E-state index is 12.8. The summed E-state index contributed by atoms with van der Waals surface area (Å²) in [4.78, 5) is 14.9. The molecular weight excluding hydrogens is 312 g/mol. The number of nitrogens with zero attached hydrogens (tertiary/aromatic N) is 2. The topological polar surface area (TPSA) is 61.0 Å². The lowest BCUT2D eigenvalue weighted by molar-refractivity contribution is -0.133. The van der Waals surface area contributed by atoms with Gasteiger partial charge < -0.3 is 10.2 Å². The number of aromatic nitrogens is 2. The summed E-state index contributed by atoms with van der Waals surface area (Å²) in [6, 6.07) is 8.32. The van der Waals surface area contributed by atoms with Crippen LogP contribution in [0.5, 0.6) is 0 Å². The average Bonchev–Trinajstić information content (AvgIpc) is 2.96. The summed E-state index contributed by atoms with van der Waals surface area (Å²) in [5.74, 6) is 0.211. The monoisotopic (exact) mass is 336 g/mol. The first kappa shape index (κ1) is 17.8. The lowest BCUT2D eigenvalue weighted by Crippen LogP contribution is -2.47. The maximum atomic E-state index is 12.8. The van der Waals surface area contributed by atoms with Crippen LogP contribution in [0.25, 0.3) is 10.9 Å². The van der Waals surface area contributed by atoms with Crippen molar-refractivity contribution in [3.8, 4) is 0 Å². The molecule has 2 N–H and O–H groups in total. The van der Waals surface area contributed by atoms with Crippen molar-refractivity contribution >= 4 is 29.2 Å². The lowest BCUT2D eigenvalue weighted by Gasteiger charge is -2.34. The van der Waals surface area contributed by atoms with E-state index in [0.29, 0.717) is 12.5 Å². The Hall–Kier alpha value is -1.59. The highest BCUT2D eigenvalue weighted by Crippen LogP contribution is 2.18. The molecule has 5 nitrogen and oxygen atoms in total. The number of halogens is 1. The molecule has 2 aromatic rings. The minimum Gasteiger partial charge on any atom is -0.339 e. The van der Waals surface area contributed by atoms with Gasteiger partial charge in [-0.15, -0.1) is 12.4 Å². The highest BCUT2D eigenvalue weighted by atomic mass is 35.5. The molecule has 0 atom stereocenters. The maximum Gasteiger partial charge on any atom is 0.228 e. The Morgan fingerprint density at radius 2 is 2.04 bits per heavy atom. The van der Waals surface area contributed by atoms with Crippen LogP contribution in [0.2, 0.25) is 0 Å². The molecule has 1 fully saturated rings. The van der Waals surface area contributed by atoms with E-state index in [-0.39, 0.29) is 18.3 Å². The van der Waals surface area contributed by atoms with Gasteiger partial charge in [0.05, 0.1) is 17.6 Å². The normalized spacial score (nSPS) is 15.3. The van der Waals surface area contributed by atoms with Gasteiger partial charge in [0.1, 0.15) is 0 Å². The molecule has 0 spiro atoms. The highest BCUT2D eigenvalue weighted by molar-refractivity contribution is 5.87. The van der Waals surface area contributed by atoms with E-state index in [9.17, 15) is 4.79 Å². The van der Waals surface area contributed by atoms with Gasteiger partial charge in [0.15, 0.2) is 0 Å². The van der Waals surface area contributed by atoms with E-state index in [1.165, 1.54) is 0 Å². The van der Waals surface area contributed by atoms with E-state index < -0.39 is 0 Å². The zero-order chi connectivity index (χ0) is 15.4. The summed E-state index contributed by atoms with van der Waals surface area (Å²) in [6.07, 6.45) is 3.51. The van der Waals surface area contributed by atoms with Gasteiger partial charge in [-0.3, -0.25) is 9.89 Å². The smallest absolute Gasteiger partial charge is 0.228 e. The van der Waals surface area contributed by atoms with Gasteiger partial charge in [-0.2, -0.15) is 5.10 Å². The minimum absolute atomic E-state index is 0. The minimum atomic E-state index is 0. The van der Waals surface area contributed by atoms with Gasteiger partial charge in [-0.05, 0) is 38.4 Å². The number of nitrogens with one attached hydrogen (secondary N) is 2. The number of carbonyl (C=O) groups excluding carboxylic acids is 1. The van der Waals surface area contributed by atoms with Crippen molar-refractivity contribution in [3.05, 3.63) is 30.0 Å². The summed E-state index contributed by atoms with van der Waals surface area (Å²) in [5.41, 5.74) is 1.85. The second-order valence-electron chi connectivity index (χ2n) is 5.96. The SMILES string of the molecule is CCCN(C(=O)Cc1[nH]nc2ccccc12)C1CCNCC1.Cl. The van der Waals surface area contributed by atoms with Crippen molar-refractivity contribution in [1.82, 2.24) is 20.4 Å². The highest BCUT2D eigenvalue weighted by Gasteiger charge is 2.25. The van der Waals surface area contributed by atoms with Gasteiger partial charge >= 0.3 is 0 Å². The molecule has 126 valence electrons. The van der Waals surface area contributed by atoms with Crippen LogP contribution in [0.1, 0.15) is 31.9 Å². The molecular formula is C17H25ClN4O. The number of carbonyl (C=O) groups is 1. The van der Waals surface area contributed by atoms with E-state index in [2.05, 4.69) is 27.3 Å². The van der Waals surface area contributed by atoms with Crippen molar-refractivity contribution in [2.75, 3.05) is 19.6 Å². The Morgan fingerprint density at radius 1 is 1.30 bits per heavy atom. The summed E-state index contributed by atoms with van der Waals surface area (Å²) >= 11 is 0. The van der Waals surface area contributed by atoms with Gasteiger partial charge in [0.25, 0.3) is 0 Å². The third kappa shape index (κ3) is 4.03. The number of para-hydroxylation sites is 1. The molecule has 1 aromatic carbocycles. The second kappa shape index (κ2) is 8.31.